The Morgan fingerprint density at radius 3 is 1.94 bits per heavy atom. The van der Waals surface area contributed by atoms with Crippen LogP contribution in [0, 0.1) is 11.8 Å². The molecule has 0 atom stereocenters. The summed E-state index contributed by atoms with van der Waals surface area (Å²) in [6.45, 7) is 8.21. The maximum absolute atomic E-state index is 5.56. The van der Waals surface area contributed by atoms with Crippen LogP contribution >= 0.6 is 8.38 Å². The number of hydrogen-bond donors (Lipinski definition) is 0. The third-order valence-electron chi connectivity index (χ3n) is 1.77. The molecule has 0 aromatic heterocycles. The van der Waals surface area contributed by atoms with Gasteiger partial charge in [-0.1, -0.05) is 26.7 Å². The second kappa shape index (κ2) is 12.8. The Morgan fingerprint density at radius 2 is 1.50 bits per heavy atom. The first-order valence-corrected chi connectivity index (χ1v) is 7.21. The molecule has 0 aliphatic rings. The van der Waals surface area contributed by atoms with Crippen molar-refractivity contribution in [3.05, 3.63) is 0 Å². The Hall–Kier alpha value is -0.290. The molecule has 0 rings (SSSR count). The van der Waals surface area contributed by atoms with E-state index in [1.165, 1.54) is 0 Å². The SMILES string of the molecule is CCCCOP(C#COCC)OCCCC. The van der Waals surface area contributed by atoms with Gasteiger partial charge in [-0.05, 0) is 19.8 Å². The lowest BCUT2D eigenvalue weighted by Crippen LogP contribution is -1.94. The van der Waals surface area contributed by atoms with E-state index in [4.69, 9.17) is 13.8 Å². The quantitative estimate of drug-likeness (QED) is 0.351. The summed E-state index contributed by atoms with van der Waals surface area (Å²) < 4.78 is 16.1. The summed E-state index contributed by atoms with van der Waals surface area (Å²) in [5.74, 6) is 0. The van der Waals surface area contributed by atoms with Crippen molar-refractivity contribution in [2.24, 2.45) is 0 Å². The fraction of sp³-hybridized carbons (Fsp3) is 0.833. The second-order valence-corrected chi connectivity index (χ2v) is 4.53. The molecule has 0 aliphatic heterocycles. The average molecular weight is 246 g/mol. The van der Waals surface area contributed by atoms with Gasteiger partial charge < -0.3 is 13.8 Å². The van der Waals surface area contributed by atoms with Crippen LogP contribution in [-0.4, -0.2) is 19.8 Å². The van der Waals surface area contributed by atoms with Crippen molar-refractivity contribution in [1.29, 1.82) is 0 Å². The van der Waals surface area contributed by atoms with Crippen molar-refractivity contribution in [2.75, 3.05) is 19.8 Å². The predicted molar refractivity (Wildman–Crippen MR) is 68.0 cm³/mol. The topological polar surface area (TPSA) is 27.7 Å². The number of unbranched alkanes of at least 4 members (excludes halogenated alkanes) is 2. The van der Waals surface area contributed by atoms with E-state index in [2.05, 4.69) is 25.6 Å². The molecule has 0 aliphatic carbocycles. The molecular weight excluding hydrogens is 223 g/mol. The van der Waals surface area contributed by atoms with Gasteiger partial charge in [-0.2, -0.15) is 0 Å². The molecule has 0 N–H and O–H groups in total. The minimum Gasteiger partial charge on any atom is -0.447 e. The smallest absolute Gasteiger partial charge is 0.260 e. The van der Waals surface area contributed by atoms with Crippen LogP contribution in [0.15, 0.2) is 0 Å². The van der Waals surface area contributed by atoms with Crippen molar-refractivity contribution < 1.29 is 13.8 Å². The average Bonchev–Trinajstić information content (AvgIpc) is 2.29. The minimum atomic E-state index is -1.08. The van der Waals surface area contributed by atoms with Crippen LogP contribution in [0.3, 0.4) is 0 Å². The normalized spacial score (nSPS) is 10.0. The Bertz CT molecular complexity index is 188. The largest absolute Gasteiger partial charge is 0.447 e. The summed E-state index contributed by atoms with van der Waals surface area (Å²) in [6.07, 6.45) is 6.96. The van der Waals surface area contributed by atoms with Crippen molar-refractivity contribution in [3.8, 4) is 11.8 Å². The van der Waals surface area contributed by atoms with Crippen molar-refractivity contribution in [1.82, 2.24) is 0 Å². The fourth-order valence-corrected chi connectivity index (χ4v) is 1.76. The van der Waals surface area contributed by atoms with Crippen molar-refractivity contribution in [3.63, 3.8) is 0 Å². The van der Waals surface area contributed by atoms with Gasteiger partial charge in [-0.15, -0.1) is 0 Å². The molecule has 0 bridgehead atoms. The lowest BCUT2D eigenvalue weighted by molar-refractivity contribution is 0.250. The highest BCUT2D eigenvalue weighted by molar-refractivity contribution is 7.52. The van der Waals surface area contributed by atoms with Gasteiger partial charge in [-0.3, -0.25) is 0 Å². The van der Waals surface area contributed by atoms with E-state index in [0.717, 1.165) is 38.9 Å². The molecule has 0 saturated carbocycles. The van der Waals surface area contributed by atoms with Crippen LogP contribution in [0.25, 0.3) is 0 Å². The fourth-order valence-electron chi connectivity index (χ4n) is 0.827. The monoisotopic (exact) mass is 246 g/mol. The van der Waals surface area contributed by atoms with Gasteiger partial charge in [0.25, 0.3) is 8.38 Å². The maximum atomic E-state index is 5.56. The number of ether oxygens (including phenoxy) is 1. The highest BCUT2D eigenvalue weighted by atomic mass is 31.2. The van der Waals surface area contributed by atoms with Crippen molar-refractivity contribution >= 4 is 8.38 Å². The molecule has 0 spiro atoms. The standard InChI is InChI=1S/C12H23O3P/c1-4-7-9-14-16(12-11-13-6-3)15-10-8-5-2/h4-10H2,1-3H3. The van der Waals surface area contributed by atoms with E-state index >= 15 is 0 Å². The van der Waals surface area contributed by atoms with Gasteiger partial charge in [0.05, 0.1) is 19.8 Å². The molecule has 0 aromatic carbocycles. The first kappa shape index (κ1) is 15.7. The number of hydrogen-bond acceptors (Lipinski definition) is 3. The highest BCUT2D eigenvalue weighted by Gasteiger charge is 2.06. The van der Waals surface area contributed by atoms with E-state index in [-0.39, 0.29) is 0 Å². The molecule has 16 heavy (non-hydrogen) atoms. The molecule has 0 aromatic rings. The maximum Gasteiger partial charge on any atom is 0.260 e. The molecule has 94 valence electrons. The van der Waals surface area contributed by atoms with Crippen LogP contribution in [0.1, 0.15) is 46.5 Å². The van der Waals surface area contributed by atoms with Gasteiger partial charge in [0.1, 0.15) is 6.11 Å². The Balaban J connectivity index is 3.81. The molecule has 0 unspecified atom stereocenters. The zero-order valence-corrected chi connectivity index (χ0v) is 11.5. The third kappa shape index (κ3) is 10.2. The predicted octanol–water partition coefficient (Wildman–Crippen LogP) is 3.89. The first-order valence-electron chi connectivity index (χ1n) is 6.03. The van der Waals surface area contributed by atoms with Crippen LogP contribution in [0.2, 0.25) is 0 Å². The van der Waals surface area contributed by atoms with Gasteiger partial charge in [-0.25, -0.2) is 0 Å². The lowest BCUT2D eigenvalue weighted by Gasteiger charge is -2.10. The molecule has 0 fully saturated rings. The van der Waals surface area contributed by atoms with Gasteiger partial charge in [0, 0.05) is 5.66 Å². The Kier molecular flexibility index (Phi) is 12.5. The molecular formula is C12H23O3P. The zero-order valence-electron chi connectivity index (χ0n) is 10.6. The summed E-state index contributed by atoms with van der Waals surface area (Å²) in [5.41, 5.74) is 2.89. The van der Waals surface area contributed by atoms with Crippen LogP contribution in [-0.2, 0) is 13.8 Å². The van der Waals surface area contributed by atoms with Crippen LogP contribution in [0.5, 0.6) is 0 Å². The summed E-state index contributed by atoms with van der Waals surface area (Å²) >= 11 is 0. The molecule has 0 heterocycles. The molecule has 3 nitrogen and oxygen atoms in total. The first-order chi connectivity index (χ1) is 7.85. The van der Waals surface area contributed by atoms with E-state index in [0.29, 0.717) is 6.61 Å². The van der Waals surface area contributed by atoms with E-state index in [1.54, 1.807) is 0 Å². The Labute approximate surface area is 101 Å². The van der Waals surface area contributed by atoms with E-state index in [9.17, 15) is 0 Å². The second-order valence-electron chi connectivity index (χ2n) is 3.28. The molecule has 0 saturated heterocycles. The third-order valence-corrected chi connectivity index (χ3v) is 2.87. The van der Waals surface area contributed by atoms with Crippen LogP contribution < -0.4 is 0 Å². The summed E-state index contributed by atoms with van der Waals surface area (Å²) in [7, 11) is -1.08. The number of rotatable bonds is 9. The summed E-state index contributed by atoms with van der Waals surface area (Å²) in [6, 6.07) is 0. The highest BCUT2D eigenvalue weighted by Crippen LogP contribution is 2.37. The van der Waals surface area contributed by atoms with Gasteiger partial charge in [0.2, 0.25) is 0 Å². The minimum absolute atomic E-state index is 0.597. The molecule has 0 radical (unpaired) electrons. The van der Waals surface area contributed by atoms with Crippen LogP contribution in [0.4, 0.5) is 0 Å². The zero-order chi connectivity index (χ0) is 12.1. The summed E-state index contributed by atoms with van der Waals surface area (Å²) in [5, 5.41) is 0. The van der Waals surface area contributed by atoms with E-state index in [1.807, 2.05) is 6.92 Å². The van der Waals surface area contributed by atoms with Crippen molar-refractivity contribution in [2.45, 2.75) is 46.5 Å². The lowest BCUT2D eigenvalue weighted by atomic mass is 10.4. The van der Waals surface area contributed by atoms with Gasteiger partial charge in [0.15, 0.2) is 0 Å². The van der Waals surface area contributed by atoms with E-state index < -0.39 is 8.38 Å². The molecule has 0 amide bonds. The Morgan fingerprint density at radius 1 is 0.938 bits per heavy atom. The van der Waals surface area contributed by atoms with Gasteiger partial charge >= 0.3 is 0 Å². The molecule has 4 heteroatoms. The summed E-state index contributed by atoms with van der Waals surface area (Å²) in [4.78, 5) is 0.